The third kappa shape index (κ3) is 8.44. The first kappa shape index (κ1) is 32.7. The number of benzene rings is 4. The molecule has 0 fully saturated rings. The van der Waals surface area contributed by atoms with E-state index in [2.05, 4.69) is 20.7 Å². The Morgan fingerprint density at radius 3 is 1.51 bits per heavy atom. The van der Waals surface area contributed by atoms with Crippen LogP contribution < -0.4 is 26.0 Å². The molecule has 0 aliphatic carbocycles. The molecule has 0 radical (unpaired) electrons. The van der Waals surface area contributed by atoms with E-state index in [0.29, 0.717) is 0 Å². The van der Waals surface area contributed by atoms with E-state index in [1.54, 1.807) is 19.1 Å². The number of nitrogens with one attached hydrogen (secondary N) is 5. The van der Waals surface area contributed by atoms with Crippen molar-refractivity contribution in [3.05, 3.63) is 108 Å². The number of carbonyl (C=O) groups is 2. The first-order valence-corrected chi connectivity index (χ1v) is 14.2. The van der Waals surface area contributed by atoms with Gasteiger partial charge in [-0.3, -0.25) is 4.72 Å². The third-order valence-corrected chi connectivity index (χ3v) is 7.46. The standard InChI is InChI=1S/C29H23F6N5O4S/c1-17-10-13-19(14-11-17)45(43,44)40-18-12-15-24(38-26(41)36-22-8-4-2-6-20(22)28(30,31)32)25(16-18)39-27(42)37-23-9-5-3-7-21(23)29(33,34)35/h2-16,40H,1H3,(H2,36,38,41)(H2,37,39,42). The predicted molar refractivity (Wildman–Crippen MR) is 157 cm³/mol. The summed E-state index contributed by atoms with van der Waals surface area (Å²) in [6, 6.07) is 15.1. The number of aryl methyl sites for hydroxylation is 1. The molecule has 0 aliphatic rings. The number of rotatable bonds is 7. The molecule has 0 heterocycles. The molecule has 236 valence electrons. The van der Waals surface area contributed by atoms with Gasteiger partial charge in [0.1, 0.15) is 0 Å². The Kier molecular flexibility index (Phi) is 9.27. The summed E-state index contributed by atoms with van der Waals surface area (Å²) in [5, 5.41) is 8.60. The SMILES string of the molecule is Cc1ccc(S(=O)(=O)Nc2ccc(NC(=O)Nc3ccccc3C(F)(F)F)c(NC(=O)Nc3ccccc3C(F)(F)F)c2)cc1. The summed E-state index contributed by atoms with van der Waals surface area (Å²) in [5.74, 6) is 0. The molecule has 0 saturated heterocycles. The van der Waals surface area contributed by atoms with Crippen molar-refractivity contribution in [2.45, 2.75) is 24.2 Å². The van der Waals surface area contributed by atoms with Crippen LogP contribution in [-0.4, -0.2) is 20.5 Å². The smallest absolute Gasteiger partial charge is 0.307 e. The summed E-state index contributed by atoms with van der Waals surface area (Å²) in [6.45, 7) is 1.75. The Balaban J connectivity index is 1.64. The lowest BCUT2D eigenvalue weighted by atomic mass is 10.1. The number of urea groups is 2. The molecule has 45 heavy (non-hydrogen) atoms. The van der Waals surface area contributed by atoms with Crippen molar-refractivity contribution >= 4 is 50.5 Å². The highest BCUT2D eigenvalue weighted by atomic mass is 32.2. The molecule has 0 unspecified atom stereocenters. The van der Waals surface area contributed by atoms with Gasteiger partial charge in [0.05, 0.1) is 44.5 Å². The zero-order valence-corrected chi connectivity index (χ0v) is 23.8. The fraction of sp³-hybridized carbons (Fsp3) is 0.103. The zero-order chi connectivity index (χ0) is 33.0. The first-order valence-electron chi connectivity index (χ1n) is 12.7. The van der Waals surface area contributed by atoms with Gasteiger partial charge in [0.25, 0.3) is 10.0 Å². The molecule has 0 aromatic heterocycles. The van der Waals surface area contributed by atoms with Crippen molar-refractivity contribution in [3.63, 3.8) is 0 Å². The van der Waals surface area contributed by atoms with E-state index in [1.807, 2.05) is 5.32 Å². The molecule has 0 spiro atoms. The van der Waals surface area contributed by atoms with Crippen molar-refractivity contribution in [3.8, 4) is 0 Å². The Bertz CT molecular complexity index is 1830. The summed E-state index contributed by atoms with van der Waals surface area (Å²) >= 11 is 0. The summed E-state index contributed by atoms with van der Waals surface area (Å²) in [7, 11) is -4.15. The van der Waals surface area contributed by atoms with Crippen molar-refractivity contribution in [2.24, 2.45) is 0 Å². The lowest BCUT2D eigenvalue weighted by Gasteiger charge is -2.18. The topological polar surface area (TPSA) is 128 Å². The van der Waals surface area contributed by atoms with Gasteiger partial charge in [-0.25, -0.2) is 18.0 Å². The van der Waals surface area contributed by atoms with E-state index in [-0.39, 0.29) is 22.0 Å². The Hall–Kier alpha value is -5.25. The van der Waals surface area contributed by atoms with Crippen molar-refractivity contribution in [2.75, 3.05) is 26.0 Å². The molecular formula is C29H23F6N5O4S. The maximum Gasteiger partial charge on any atom is 0.418 e. The number of halogens is 6. The number of sulfonamides is 1. The number of alkyl halides is 6. The van der Waals surface area contributed by atoms with Gasteiger partial charge >= 0.3 is 24.4 Å². The van der Waals surface area contributed by atoms with Crippen LogP contribution in [0.2, 0.25) is 0 Å². The van der Waals surface area contributed by atoms with Crippen LogP contribution in [0, 0.1) is 6.92 Å². The number of amides is 4. The molecule has 5 N–H and O–H groups in total. The van der Waals surface area contributed by atoms with Crippen LogP contribution in [0.15, 0.2) is 95.9 Å². The molecule has 0 bridgehead atoms. The van der Waals surface area contributed by atoms with Gasteiger partial charge in [0.2, 0.25) is 0 Å². The maximum absolute atomic E-state index is 13.4. The monoisotopic (exact) mass is 651 g/mol. The lowest BCUT2D eigenvalue weighted by Crippen LogP contribution is -2.25. The largest absolute Gasteiger partial charge is 0.418 e. The molecule has 0 atom stereocenters. The van der Waals surface area contributed by atoms with E-state index >= 15 is 0 Å². The Morgan fingerprint density at radius 2 is 1.02 bits per heavy atom. The molecule has 0 saturated carbocycles. The molecule has 9 nitrogen and oxygen atoms in total. The van der Waals surface area contributed by atoms with Gasteiger partial charge in [0, 0.05) is 0 Å². The molecule has 4 aromatic carbocycles. The highest BCUT2D eigenvalue weighted by Crippen LogP contribution is 2.36. The van der Waals surface area contributed by atoms with E-state index < -0.39 is 56.9 Å². The molecule has 4 aromatic rings. The van der Waals surface area contributed by atoms with Gasteiger partial charge < -0.3 is 21.3 Å². The fourth-order valence-corrected chi connectivity index (χ4v) is 5.03. The first-order chi connectivity index (χ1) is 21.0. The van der Waals surface area contributed by atoms with Crippen LogP contribution in [0.4, 0.5) is 64.4 Å². The maximum atomic E-state index is 13.4. The van der Waals surface area contributed by atoms with Crippen molar-refractivity contribution < 1.29 is 44.3 Å². The average Bonchev–Trinajstić information content (AvgIpc) is 2.94. The van der Waals surface area contributed by atoms with Crippen molar-refractivity contribution in [1.82, 2.24) is 0 Å². The van der Waals surface area contributed by atoms with Crippen LogP contribution in [-0.2, 0) is 22.4 Å². The third-order valence-electron chi connectivity index (χ3n) is 6.06. The highest BCUT2D eigenvalue weighted by Gasteiger charge is 2.34. The fourth-order valence-electron chi connectivity index (χ4n) is 3.98. The minimum atomic E-state index is -4.81. The Morgan fingerprint density at radius 1 is 0.578 bits per heavy atom. The highest BCUT2D eigenvalue weighted by molar-refractivity contribution is 7.92. The van der Waals surface area contributed by atoms with Gasteiger partial charge in [-0.05, 0) is 61.5 Å². The van der Waals surface area contributed by atoms with Gasteiger partial charge in [-0.1, -0.05) is 42.0 Å². The van der Waals surface area contributed by atoms with E-state index in [9.17, 15) is 44.3 Å². The quantitative estimate of drug-likeness (QED) is 0.129. The van der Waals surface area contributed by atoms with Crippen LogP contribution >= 0.6 is 0 Å². The van der Waals surface area contributed by atoms with E-state index in [1.165, 1.54) is 30.3 Å². The molecule has 16 heteroatoms. The summed E-state index contributed by atoms with van der Waals surface area (Å²) in [6.07, 6.45) is -9.60. The van der Waals surface area contributed by atoms with Crippen LogP contribution in [0.25, 0.3) is 0 Å². The van der Waals surface area contributed by atoms with Crippen LogP contribution in [0.3, 0.4) is 0 Å². The second-order valence-electron chi connectivity index (χ2n) is 9.42. The van der Waals surface area contributed by atoms with Gasteiger partial charge in [0.15, 0.2) is 0 Å². The molecular weight excluding hydrogens is 628 g/mol. The van der Waals surface area contributed by atoms with Crippen LogP contribution in [0.1, 0.15) is 16.7 Å². The molecule has 4 amide bonds. The summed E-state index contributed by atoms with van der Waals surface area (Å²) in [5.41, 5.74) is -3.37. The number of anilines is 5. The normalized spacial score (nSPS) is 11.8. The van der Waals surface area contributed by atoms with Crippen LogP contribution in [0.5, 0.6) is 0 Å². The minimum Gasteiger partial charge on any atom is -0.307 e. The van der Waals surface area contributed by atoms with E-state index in [0.717, 1.165) is 54.1 Å². The second kappa shape index (κ2) is 12.8. The zero-order valence-electron chi connectivity index (χ0n) is 23.0. The lowest BCUT2D eigenvalue weighted by molar-refractivity contribution is -0.137. The summed E-state index contributed by atoms with van der Waals surface area (Å²) in [4.78, 5) is 25.4. The number of carbonyl (C=O) groups excluding carboxylic acids is 2. The number of hydrogen-bond acceptors (Lipinski definition) is 4. The predicted octanol–water partition coefficient (Wildman–Crippen LogP) is 8.12. The number of hydrogen-bond donors (Lipinski definition) is 5. The molecule has 0 aliphatic heterocycles. The van der Waals surface area contributed by atoms with Crippen molar-refractivity contribution in [1.29, 1.82) is 0 Å². The minimum absolute atomic E-state index is 0.103. The number of para-hydroxylation sites is 2. The average molecular weight is 652 g/mol. The van der Waals surface area contributed by atoms with E-state index in [4.69, 9.17) is 0 Å². The Labute approximate surface area is 252 Å². The molecule has 4 rings (SSSR count). The van der Waals surface area contributed by atoms with Gasteiger partial charge in [-0.15, -0.1) is 0 Å². The van der Waals surface area contributed by atoms with Gasteiger partial charge in [-0.2, -0.15) is 26.3 Å². The summed E-state index contributed by atoms with van der Waals surface area (Å²) < 4.78 is 109. The second-order valence-corrected chi connectivity index (χ2v) is 11.1.